The van der Waals surface area contributed by atoms with E-state index < -0.39 is 0 Å². The van der Waals surface area contributed by atoms with Crippen LogP contribution in [0.15, 0.2) is 24.3 Å². The molecule has 0 aliphatic rings. The summed E-state index contributed by atoms with van der Waals surface area (Å²) in [5.74, 6) is 1.68. The fraction of sp³-hybridized carbons (Fsp3) is 0.647. The third-order valence-corrected chi connectivity index (χ3v) is 3.45. The van der Waals surface area contributed by atoms with Gasteiger partial charge in [-0.3, -0.25) is 0 Å². The van der Waals surface area contributed by atoms with Crippen molar-refractivity contribution < 1.29 is 4.74 Å². The number of hydrogen-bond donors (Lipinski definition) is 1. The van der Waals surface area contributed by atoms with E-state index in [-0.39, 0.29) is 0 Å². The molecular formula is C17H30N2O. The molecule has 20 heavy (non-hydrogen) atoms. The maximum absolute atomic E-state index is 5.76. The molecule has 1 aromatic carbocycles. The van der Waals surface area contributed by atoms with Crippen molar-refractivity contribution in [2.24, 2.45) is 5.92 Å². The fourth-order valence-electron chi connectivity index (χ4n) is 2.51. The maximum Gasteiger partial charge on any atom is 0.124 e. The Labute approximate surface area is 124 Å². The molecule has 0 bridgehead atoms. The lowest BCUT2D eigenvalue weighted by Crippen LogP contribution is -2.36. The lowest BCUT2D eigenvalue weighted by Gasteiger charge is -2.28. The molecule has 0 spiro atoms. The number of likely N-dealkylation sites (N-methyl/N-ethyl adjacent to an activating group) is 2. The van der Waals surface area contributed by atoms with Crippen LogP contribution in [0.1, 0.15) is 39.3 Å². The summed E-state index contributed by atoms with van der Waals surface area (Å²) in [6.07, 6.45) is 0. The van der Waals surface area contributed by atoms with E-state index in [1.165, 1.54) is 5.56 Å². The van der Waals surface area contributed by atoms with E-state index >= 15 is 0 Å². The number of nitrogens with zero attached hydrogens (tertiary/aromatic N) is 1. The Morgan fingerprint density at radius 2 is 1.85 bits per heavy atom. The highest BCUT2D eigenvalue weighted by Gasteiger charge is 2.17. The quantitative estimate of drug-likeness (QED) is 0.750. The Morgan fingerprint density at radius 1 is 1.15 bits per heavy atom. The summed E-state index contributed by atoms with van der Waals surface area (Å²) in [6, 6.07) is 8.64. The Morgan fingerprint density at radius 3 is 2.40 bits per heavy atom. The summed E-state index contributed by atoms with van der Waals surface area (Å²) < 4.78 is 5.76. The molecule has 0 fully saturated rings. The second-order valence-corrected chi connectivity index (χ2v) is 5.56. The van der Waals surface area contributed by atoms with Crippen LogP contribution in [0, 0.1) is 5.92 Å². The highest BCUT2D eigenvalue weighted by Crippen LogP contribution is 2.25. The molecule has 1 aromatic rings. The van der Waals surface area contributed by atoms with Gasteiger partial charge < -0.3 is 15.0 Å². The minimum Gasteiger partial charge on any atom is -0.494 e. The molecule has 3 heteroatoms. The monoisotopic (exact) mass is 278 g/mol. The molecule has 1 rings (SSSR count). The molecule has 3 nitrogen and oxygen atoms in total. The van der Waals surface area contributed by atoms with Gasteiger partial charge in [-0.25, -0.2) is 0 Å². The predicted molar refractivity (Wildman–Crippen MR) is 86.4 cm³/mol. The van der Waals surface area contributed by atoms with Crippen LogP contribution in [0.5, 0.6) is 5.75 Å². The first-order valence-electron chi connectivity index (χ1n) is 7.73. The number of hydrogen-bond acceptors (Lipinski definition) is 3. The van der Waals surface area contributed by atoms with Crippen molar-refractivity contribution in [3.8, 4) is 5.75 Å². The number of para-hydroxylation sites is 1. The smallest absolute Gasteiger partial charge is 0.124 e. The summed E-state index contributed by atoms with van der Waals surface area (Å²) >= 11 is 0. The van der Waals surface area contributed by atoms with Crippen LogP contribution < -0.4 is 10.1 Å². The van der Waals surface area contributed by atoms with E-state index in [0.717, 1.165) is 25.4 Å². The summed E-state index contributed by atoms with van der Waals surface area (Å²) in [5.41, 5.74) is 1.25. The molecular weight excluding hydrogens is 248 g/mol. The zero-order valence-electron chi connectivity index (χ0n) is 13.6. The van der Waals surface area contributed by atoms with Crippen molar-refractivity contribution in [3.05, 3.63) is 29.8 Å². The molecule has 0 aromatic heterocycles. The van der Waals surface area contributed by atoms with E-state index in [1.54, 1.807) is 0 Å². The third kappa shape index (κ3) is 5.14. The van der Waals surface area contributed by atoms with Crippen LogP contribution in [0.2, 0.25) is 0 Å². The van der Waals surface area contributed by atoms with Gasteiger partial charge in [-0.05, 0) is 32.5 Å². The molecule has 0 amide bonds. The topological polar surface area (TPSA) is 24.5 Å². The van der Waals surface area contributed by atoms with Gasteiger partial charge in [0.1, 0.15) is 5.75 Å². The predicted octanol–water partition coefficient (Wildman–Crippen LogP) is 3.32. The van der Waals surface area contributed by atoms with Gasteiger partial charge >= 0.3 is 0 Å². The minimum atomic E-state index is 0.302. The summed E-state index contributed by atoms with van der Waals surface area (Å²) in [6.45, 7) is 12.7. The molecule has 0 aliphatic carbocycles. The van der Waals surface area contributed by atoms with Gasteiger partial charge in [0.15, 0.2) is 0 Å². The Kier molecular flexibility index (Phi) is 7.63. The highest BCUT2D eigenvalue weighted by atomic mass is 16.5. The second-order valence-electron chi connectivity index (χ2n) is 5.56. The van der Waals surface area contributed by atoms with Crippen LogP contribution >= 0.6 is 0 Å². The first kappa shape index (κ1) is 17.0. The van der Waals surface area contributed by atoms with Gasteiger partial charge in [0.05, 0.1) is 6.61 Å². The van der Waals surface area contributed by atoms with Crippen molar-refractivity contribution in [1.29, 1.82) is 0 Å². The van der Waals surface area contributed by atoms with Gasteiger partial charge in [-0.1, -0.05) is 39.0 Å². The molecule has 0 radical (unpaired) electrons. The lowest BCUT2D eigenvalue weighted by molar-refractivity contribution is 0.229. The average Bonchev–Trinajstić information content (AvgIpc) is 2.44. The molecule has 114 valence electrons. The highest BCUT2D eigenvalue weighted by molar-refractivity contribution is 5.36. The van der Waals surface area contributed by atoms with Crippen molar-refractivity contribution in [2.45, 2.75) is 33.7 Å². The van der Waals surface area contributed by atoms with Gasteiger partial charge in [-0.2, -0.15) is 0 Å². The van der Waals surface area contributed by atoms with Crippen LogP contribution in [0.25, 0.3) is 0 Å². The Balaban J connectivity index is 2.84. The van der Waals surface area contributed by atoms with Gasteiger partial charge in [0.2, 0.25) is 0 Å². The molecule has 1 atom stereocenters. The SMILES string of the molecule is CCOc1ccccc1C(CN(CC)CC(C)C)NC. The number of nitrogens with one attached hydrogen (secondary N) is 1. The second kappa shape index (κ2) is 8.98. The van der Waals surface area contributed by atoms with E-state index in [9.17, 15) is 0 Å². The summed E-state index contributed by atoms with van der Waals surface area (Å²) in [7, 11) is 2.02. The molecule has 0 saturated carbocycles. The maximum atomic E-state index is 5.76. The number of ether oxygens (including phenoxy) is 1. The average molecular weight is 278 g/mol. The zero-order valence-corrected chi connectivity index (χ0v) is 13.6. The van der Waals surface area contributed by atoms with E-state index in [1.807, 2.05) is 20.0 Å². The molecule has 1 N–H and O–H groups in total. The zero-order chi connectivity index (χ0) is 15.0. The third-order valence-electron chi connectivity index (χ3n) is 3.45. The van der Waals surface area contributed by atoms with Gasteiger partial charge in [0.25, 0.3) is 0 Å². The van der Waals surface area contributed by atoms with Crippen LogP contribution in [0.3, 0.4) is 0 Å². The minimum absolute atomic E-state index is 0.302. The van der Waals surface area contributed by atoms with Crippen molar-refractivity contribution in [3.63, 3.8) is 0 Å². The summed E-state index contributed by atoms with van der Waals surface area (Å²) in [5, 5.41) is 3.43. The van der Waals surface area contributed by atoms with E-state index in [2.05, 4.69) is 49.2 Å². The molecule has 1 unspecified atom stereocenters. The molecule has 0 saturated heterocycles. The van der Waals surface area contributed by atoms with E-state index in [0.29, 0.717) is 18.6 Å². The van der Waals surface area contributed by atoms with Crippen LogP contribution in [-0.4, -0.2) is 38.2 Å². The van der Waals surface area contributed by atoms with E-state index in [4.69, 9.17) is 4.74 Å². The Bertz CT molecular complexity index is 379. The normalized spacial score (nSPS) is 12.9. The van der Waals surface area contributed by atoms with Crippen molar-refractivity contribution in [1.82, 2.24) is 10.2 Å². The lowest BCUT2D eigenvalue weighted by atomic mass is 10.0. The molecule has 0 aliphatic heterocycles. The first-order chi connectivity index (χ1) is 9.62. The largest absolute Gasteiger partial charge is 0.494 e. The van der Waals surface area contributed by atoms with Crippen molar-refractivity contribution >= 4 is 0 Å². The van der Waals surface area contributed by atoms with Crippen LogP contribution in [0.4, 0.5) is 0 Å². The number of benzene rings is 1. The van der Waals surface area contributed by atoms with Crippen LogP contribution in [-0.2, 0) is 0 Å². The summed E-state index contributed by atoms with van der Waals surface area (Å²) in [4.78, 5) is 2.49. The molecule has 0 heterocycles. The fourth-order valence-corrected chi connectivity index (χ4v) is 2.51. The van der Waals surface area contributed by atoms with Crippen molar-refractivity contribution in [2.75, 3.05) is 33.3 Å². The Hall–Kier alpha value is -1.06. The van der Waals surface area contributed by atoms with Gasteiger partial charge in [-0.15, -0.1) is 0 Å². The first-order valence-corrected chi connectivity index (χ1v) is 7.73. The number of rotatable bonds is 9. The standard InChI is InChI=1S/C17H30N2O/c1-6-19(12-14(3)4)13-16(18-5)15-10-8-9-11-17(15)20-7-2/h8-11,14,16,18H,6-7,12-13H2,1-5H3. The van der Waals surface area contributed by atoms with Gasteiger partial charge in [0, 0.05) is 24.7 Å².